The molecule has 6 aromatic rings. The highest BCUT2D eigenvalue weighted by atomic mass is 15.0. The van der Waals surface area contributed by atoms with E-state index in [9.17, 15) is 0 Å². The molecule has 2 heteroatoms. The second kappa shape index (κ2) is 6.49. The summed E-state index contributed by atoms with van der Waals surface area (Å²) in [6.07, 6.45) is 2.94. The summed E-state index contributed by atoms with van der Waals surface area (Å²) in [5.74, 6) is 0. The van der Waals surface area contributed by atoms with E-state index in [1.807, 2.05) is 6.21 Å². The molecule has 2 heterocycles. The molecule has 1 aliphatic carbocycles. The van der Waals surface area contributed by atoms with Crippen molar-refractivity contribution in [3.05, 3.63) is 108 Å². The minimum absolute atomic E-state index is 0.00323. The summed E-state index contributed by atoms with van der Waals surface area (Å²) >= 11 is 0. The second-order valence-corrected chi connectivity index (χ2v) is 10.4. The molecular weight excluding hydrogens is 424 g/mol. The van der Waals surface area contributed by atoms with Gasteiger partial charge < -0.3 is 4.57 Å². The Morgan fingerprint density at radius 1 is 0.686 bits per heavy atom. The highest BCUT2D eigenvalue weighted by molar-refractivity contribution is 6.14. The van der Waals surface area contributed by atoms with Crippen LogP contribution in [0.4, 0.5) is 5.69 Å². The molecule has 0 amide bonds. The summed E-state index contributed by atoms with van der Waals surface area (Å²) in [5, 5.41) is 5.16. The lowest BCUT2D eigenvalue weighted by Gasteiger charge is -2.21. The summed E-state index contributed by atoms with van der Waals surface area (Å²) in [7, 11) is 0. The van der Waals surface area contributed by atoms with Crippen LogP contribution in [0.15, 0.2) is 96.0 Å². The largest absolute Gasteiger partial charge is 0.307 e. The first-order valence-electron chi connectivity index (χ1n) is 12.4. The molecule has 1 aliphatic heterocycles. The number of para-hydroxylation sites is 2. The molecule has 0 N–H and O–H groups in total. The van der Waals surface area contributed by atoms with Crippen molar-refractivity contribution in [3.8, 4) is 16.8 Å². The summed E-state index contributed by atoms with van der Waals surface area (Å²) in [6.45, 7) is 4.70. The molecule has 0 saturated heterocycles. The van der Waals surface area contributed by atoms with Crippen LogP contribution in [0.25, 0.3) is 49.4 Å². The molecule has 0 atom stereocenters. The second-order valence-electron chi connectivity index (χ2n) is 10.4. The Balaban J connectivity index is 1.49. The van der Waals surface area contributed by atoms with Crippen LogP contribution in [0.1, 0.15) is 30.5 Å². The first-order chi connectivity index (χ1) is 17.1. The number of aliphatic imine (C=N–C) groups is 1. The molecule has 8 rings (SSSR count). The van der Waals surface area contributed by atoms with Gasteiger partial charge >= 0.3 is 0 Å². The summed E-state index contributed by atoms with van der Waals surface area (Å²) in [4.78, 5) is 4.77. The van der Waals surface area contributed by atoms with Gasteiger partial charge in [0.1, 0.15) is 0 Å². The zero-order valence-electron chi connectivity index (χ0n) is 19.8. The van der Waals surface area contributed by atoms with Gasteiger partial charge in [-0.15, -0.1) is 0 Å². The lowest BCUT2D eigenvalue weighted by Crippen LogP contribution is -2.14. The monoisotopic (exact) mass is 448 g/mol. The summed E-state index contributed by atoms with van der Waals surface area (Å²) < 4.78 is 2.42. The number of nitrogens with zero attached hydrogens (tertiary/aromatic N) is 2. The molecule has 0 spiro atoms. The quantitative estimate of drug-likeness (QED) is 0.240. The van der Waals surface area contributed by atoms with Gasteiger partial charge in [-0.25, -0.2) is 0 Å². The van der Waals surface area contributed by atoms with Crippen molar-refractivity contribution in [2.45, 2.75) is 25.7 Å². The van der Waals surface area contributed by atoms with Gasteiger partial charge in [-0.05, 0) is 75.0 Å². The van der Waals surface area contributed by atoms with E-state index < -0.39 is 0 Å². The Labute approximate surface area is 204 Å². The van der Waals surface area contributed by atoms with Crippen molar-refractivity contribution in [3.63, 3.8) is 0 Å². The van der Waals surface area contributed by atoms with E-state index in [-0.39, 0.29) is 5.41 Å². The number of hydrogen-bond donors (Lipinski definition) is 0. The van der Waals surface area contributed by atoms with E-state index in [1.165, 1.54) is 60.4 Å². The normalized spacial score (nSPS) is 15.1. The van der Waals surface area contributed by atoms with Crippen molar-refractivity contribution in [2.24, 2.45) is 4.99 Å². The van der Waals surface area contributed by atoms with Crippen LogP contribution in [0.2, 0.25) is 0 Å². The smallest absolute Gasteiger partial charge is 0.0901 e. The lowest BCUT2D eigenvalue weighted by atomic mass is 9.82. The third-order valence-corrected chi connectivity index (χ3v) is 8.20. The van der Waals surface area contributed by atoms with Crippen LogP contribution in [0.5, 0.6) is 0 Å². The van der Waals surface area contributed by atoms with Gasteiger partial charge in [0.15, 0.2) is 0 Å². The van der Waals surface area contributed by atoms with E-state index in [2.05, 4.69) is 109 Å². The molecule has 2 nitrogen and oxygen atoms in total. The van der Waals surface area contributed by atoms with Crippen molar-refractivity contribution in [1.82, 2.24) is 4.57 Å². The van der Waals surface area contributed by atoms with Crippen LogP contribution in [0, 0.1) is 0 Å². The van der Waals surface area contributed by atoms with Crippen LogP contribution < -0.4 is 0 Å². The van der Waals surface area contributed by atoms with Gasteiger partial charge in [0.05, 0.1) is 22.4 Å². The van der Waals surface area contributed by atoms with E-state index in [1.54, 1.807) is 0 Å². The van der Waals surface area contributed by atoms with Gasteiger partial charge in [-0.3, -0.25) is 4.99 Å². The van der Waals surface area contributed by atoms with Gasteiger partial charge in [0.2, 0.25) is 0 Å². The SMILES string of the molecule is CC1(C)c2ccccc2-c2cc3cc4c5ccccc5n(-c5cccc6c5N=CC6)c4cc3cc21. The first-order valence-corrected chi connectivity index (χ1v) is 12.4. The molecule has 2 aliphatic rings. The van der Waals surface area contributed by atoms with Crippen molar-refractivity contribution < 1.29 is 0 Å². The lowest BCUT2D eigenvalue weighted by molar-refractivity contribution is 0.661. The molecule has 166 valence electrons. The van der Waals surface area contributed by atoms with Crippen molar-refractivity contribution in [2.75, 3.05) is 0 Å². The number of benzene rings is 5. The summed E-state index contributed by atoms with van der Waals surface area (Å²) in [6, 6.07) is 33.8. The van der Waals surface area contributed by atoms with Crippen LogP contribution in [-0.2, 0) is 11.8 Å². The zero-order valence-corrected chi connectivity index (χ0v) is 19.8. The predicted molar refractivity (Wildman–Crippen MR) is 148 cm³/mol. The van der Waals surface area contributed by atoms with Crippen LogP contribution in [0.3, 0.4) is 0 Å². The fraction of sp³-hybridized carbons (Fsp3) is 0.121. The topological polar surface area (TPSA) is 17.3 Å². The van der Waals surface area contributed by atoms with Gasteiger partial charge in [0.25, 0.3) is 0 Å². The van der Waals surface area contributed by atoms with Crippen molar-refractivity contribution in [1.29, 1.82) is 0 Å². The van der Waals surface area contributed by atoms with E-state index in [0.29, 0.717) is 0 Å². The molecule has 0 bridgehead atoms. The number of rotatable bonds is 1. The molecule has 1 aromatic heterocycles. The van der Waals surface area contributed by atoms with E-state index in [0.717, 1.165) is 17.8 Å². The Bertz CT molecular complexity index is 1900. The Kier molecular flexibility index (Phi) is 3.55. The highest BCUT2D eigenvalue weighted by Gasteiger charge is 2.35. The fourth-order valence-corrected chi connectivity index (χ4v) is 6.48. The molecule has 0 fully saturated rings. The van der Waals surface area contributed by atoms with Gasteiger partial charge in [0, 0.05) is 28.8 Å². The number of hydrogen-bond acceptors (Lipinski definition) is 1. The van der Waals surface area contributed by atoms with E-state index >= 15 is 0 Å². The maximum Gasteiger partial charge on any atom is 0.0901 e. The minimum atomic E-state index is -0.00323. The zero-order chi connectivity index (χ0) is 23.3. The highest BCUT2D eigenvalue weighted by Crippen LogP contribution is 2.50. The van der Waals surface area contributed by atoms with Gasteiger partial charge in [-0.2, -0.15) is 0 Å². The Hall–Kier alpha value is -4.17. The maximum absolute atomic E-state index is 4.77. The number of aromatic nitrogens is 1. The molecule has 35 heavy (non-hydrogen) atoms. The van der Waals surface area contributed by atoms with Crippen LogP contribution >= 0.6 is 0 Å². The third kappa shape index (κ3) is 2.41. The number of fused-ring (bicyclic) bond motifs is 8. The Morgan fingerprint density at radius 2 is 1.51 bits per heavy atom. The molecule has 5 aromatic carbocycles. The molecule has 0 saturated carbocycles. The third-order valence-electron chi connectivity index (χ3n) is 8.20. The van der Waals surface area contributed by atoms with Crippen molar-refractivity contribution >= 4 is 44.5 Å². The van der Waals surface area contributed by atoms with Gasteiger partial charge in [-0.1, -0.05) is 68.4 Å². The average Bonchev–Trinajstić information content (AvgIpc) is 3.54. The predicted octanol–water partition coefficient (Wildman–Crippen LogP) is 8.50. The Morgan fingerprint density at radius 3 is 2.46 bits per heavy atom. The summed E-state index contributed by atoms with van der Waals surface area (Å²) in [5.41, 5.74) is 11.6. The average molecular weight is 449 g/mol. The molecular formula is C33H24N2. The van der Waals surface area contributed by atoms with Crippen LogP contribution in [-0.4, -0.2) is 10.8 Å². The first kappa shape index (κ1) is 19.2. The molecule has 0 unspecified atom stereocenters. The standard InChI is InChI=1S/C33H24N2/c1-33(2)27-11-5-3-9-23(27)25-16-21-17-26-24-10-4-6-12-29(24)35(31(26)19-22(21)18-28(25)33)30-13-7-8-20-14-15-34-32(20)30/h3-13,15-19H,14H2,1-2H3. The fourth-order valence-electron chi connectivity index (χ4n) is 6.48. The maximum atomic E-state index is 4.77. The van der Waals surface area contributed by atoms with E-state index in [4.69, 9.17) is 4.99 Å². The molecule has 0 radical (unpaired) electrons. The minimum Gasteiger partial charge on any atom is -0.307 e.